The zero-order valence-electron chi connectivity index (χ0n) is 6.08. The van der Waals surface area contributed by atoms with Crippen molar-refractivity contribution in [2.24, 2.45) is 0 Å². The molecule has 0 unspecified atom stereocenters. The van der Waals surface area contributed by atoms with E-state index in [9.17, 15) is 4.79 Å². The maximum atomic E-state index is 10.5. The van der Waals surface area contributed by atoms with Crippen molar-refractivity contribution in [1.82, 2.24) is 0 Å². The first-order valence-corrected chi connectivity index (χ1v) is 3.70. The number of nitrogens with one attached hydrogen (secondary N) is 1. The normalized spacial score (nSPS) is 20.5. The molecule has 0 radical (unpaired) electrons. The highest BCUT2D eigenvalue weighted by Gasteiger charge is 2.19. The molecule has 0 bridgehead atoms. The Bertz CT molecular complexity index is 283. The van der Waals surface area contributed by atoms with Crippen molar-refractivity contribution in [3.63, 3.8) is 0 Å². The number of hydrogen-bond donors (Lipinski definition) is 1. The Morgan fingerprint density at radius 1 is 1.45 bits per heavy atom. The lowest BCUT2D eigenvalue weighted by molar-refractivity contribution is -0.108. The molecule has 2 nitrogen and oxygen atoms in total. The Kier molecular flexibility index (Phi) is 1.39. The van der Waals surface area contributed by atoms with Crippen LogP contribution in [0.4, 0.5) is 5.69 Å². The third kappa shape index (κ3) is 0.909. The van der Waals surface area contributed by atoms with Crippen molar-refractivity contribution >= 4 is 12.0 Å². The minimum absolute atomic E-state index is 0.0613. The summed E-state index contributed by atoms with van der Waals surface area (Å²) in [5, 5.41) is 3.17. The van der Waals surface area contributed by atoms with Crippen LogP contribution in [-0.4, -0.2) is 12.8 Å². The van der Waals surface area contributed by atoms with Gasteiger partial charge >= 0.3 is 0 Å². The van der Waals surface area contributed by atoms with Gasteiger partial charge in [0.05, 0.1) is 5.92 Å². The zero-order chi connectivity index (χ0) is 7.68. The number of para-hydroxylation sites is 1. The van der Waals surface area contributed by atoms with Crippen LogP contribution < -0.4 is 5.32 Å². The maximum Gasteiger partial charge on any atom is 0.129 e. The lowest BCUT2D eigenvalue weighted by Gasteiger charge is -1.98. The summed E-state index contributed by atoms with van der Waals surface area (Å²) >= 11 is 0. The molecule has 1 heterocycles. The topological polar surface area (TPSA) is 29.1 Å². The highest BCUT2D eigenvalue weighted by molar-refractivity contribution is 5.73. The lowest BCUT2D eigenvalue weighted by atomic mass is 10.0. The van der Waals surface area contributed by atoms with Crippen LogP contribution in [-0.2, 0) is 4.79 Å². The van der Waals surface area contributed by atoms with Crippen LogP contribution in [0.2, 0.25) is 0 Å². The number of aldehydes is 1. The predicted molar refractivity (Wildman–Crippen MR) is 43.7 cm³/mol. The van der Waals surface area contributed by atoms with E-state index in [0.29, 0.717) is 0 Å². The summed E-state index contributed by atoms with van der Waals surface area (Å²) in [4.78, 5) is 10.5. The summed E-state index contributed by atoms with van der Waals surface area (Å²) in [7, 11) is 0. The molecular weight excluding hydrogens is 138 g/mol. The maximum absolute atomic E-state index is 10.5. The van der Waals surface area contributed by atoms with E-state index in [4.69, 9.17) is 0 Å². The van der Waals surface area contributed by atoms with Crippen LogP contribution in [0.15, 0.2) is 24.3 Å². The second-order valence-corrected chi connectivity index (χ2v) is 2.71. The van der Waals surface area contributed by atoms with Gasteiger partial charge < -0.3 is 10.1 Å². The standard InChI is InChI=1S/C9H9NO/c11-6-7-5-10-9-4-2-1-3-8(7)9/h1-4,6-7,10H,5H2/t7-/m1/s1. The van der Waals surface area contributed by atoms with Gasteiger partial charge in [-0.25, -0.2) is 0 Å². The van der Waals surface area contributed by atoms with Crippen LogP contribution in [0.3, 0.4) is 0 Å². The first-order chi connectivity index (χ1) is 5.42. The Morgan fingerprint density at radius 2 is 2.27 bits per heavy atom. The van der Waals surface area contributed by atoms with Crippen LogP contribution in [0.5, 0.6) is 0 Å². The van der Waals surface area contributed by atoms with Gasteiger partial charge in [0.15, 0.2) is 0 Å². The Labute approximate surface area is 65.2 Å². The van der Waals surface area contributed by atoms with Gasteiger partial charge in [-0.15, -0.1) is 0 Å². The van der Waals surface area contributed by atoms with E-state index in [1.807, 2.05) is 24.3 Å². The van der Waals surface area contributed by atoms with E-state index >= 15 is 0 Å². The van der Waals surface area contributed by atoms with E-state index < -0.39 is 0 Å². The highest BCUT2D eigenvalue weighted by Crippen LogP contribution is 2.28. The molecule has 1 aliphatic rings. The predicted octanol–water partition coefficient (Wildman–Crippen LogP) is 1.39. The third-order valence-corrected chi connectivity index (χ3v) is 2.04. The number of benzene rings is 1. The molecule has 0 saturated heterocycles. The Morgan fingerprint density at radius 3 is 3.09 bits per heavy atom. The van der Waals surface area contributed by atoms with E-state index in [1.54, 1.807) is 0 Å². The summed E-state index contributed by atoms with van der Waals surface area (Å²) in [5.41, 5.74) is 2.23. The molecule has 1 aliphatic heterocycles. The molecule has 0 amide bonds. The van der Waals surface area contributed by atoms with Gasteiger partial charge in [0.25, 0.3) is 0 Å². The SMILES string of the molecule is O=C[C@H]1CNc2ccccc21. The second-order valence-electron chi connectivity index (χ2n) is 2.71. The van der Waals surface area contributed by atoms with Crippen molar-refractivity contribution in [2.45, 2.75) is 5.92 Å². The number of carbonyl (C=O) groups is 1. The quantitative estimate of drug-likeness (QED) is 0.608. The molecule has 0 aliphatic carbocycles. The average Bonchev–Trinajstić information content (AvgIpc) is 2.47. The van der Waals surface area contributed by atoms with Gasteiger partial charge in [0.1, 0.15) is 6.29 Å². The average molecular weight is 147 g/mol. The van der Waals surface area contributed by atoms with Crippen LogP contribution in [0.25, 0.3) is 0 Å². The molecule has 0 saturated carbocycles. The van der Waals surface area contributed by atoms with Crippen LogP contribution in [0, 0.1) is 0 Å². The van der Waals surface area contributed by atoms with Crippen molar-refractivity contribution < 1.29 is 4.79 Å². The molecule has 1 aromatic rings. The fourth-order valence-corrected chi connectivity index (χ4v) is 1.43. The molecule has 0 fully saturated rings. The molecule has 11 heavy (non-hydrogen) atoms. The van der Waals surface area contributed by atoms with E-state index in [-0.39, 0.29) is 5.92 Å². The largest absolute Gasteiger partial charge is 0.384 e. The third-order valence-electron chi connectivity index (χ3n) is 2.04. The fourth-order valence-electron chi connectivity index (χ4n) is 1.43. The van der Waals surface area contributed by atoms with Gasteiger partial charge in [-0.2, -0.15) is 0 Å². The summed E-state index contributed by atoms with van der Waals surface area (Å²) in [5.74, 6) is 0.0613. The molecule has 2 rings (SSSR count). The van der Waals surface area contributed by atoms with E-state index in [0.717, 1.165) is 24.1 Å². The molecule has 1 aromatic carbocycles. The van der Waals surface area contributed by atoms with Gasteiger partial charge in [-0.1, -0.05) is 18.2 Å². The number of fused-ring (bicyclic) bond motifs is 1. The molecule has 2 heteroatoms. The number of anilines is 1. The van der Waals surface area contributed by atoms with Crippen molar-refractivity contribution in [2.75, 3.05) is 11.9 Å². The fraction of sp³-hybridized carbons (Fsp3) is 0.222. The first-order valence-electron chi connectivity index (χ1n) is 3.70. The molecule has 1 atom stereocenters. The van der Waals surface area contributed by atoms with Gasteiger partial charge in [-0.05, 0) is 11.6 Å². The smallest absolute Gasteiger partial charge is 0.129 e. The first kappa shape index (κ1) is 6.40. The minimum atomic E-state index is 0.0613. The van der Waals surface area contributed by atoms with Gasteiger partial charge in [0.2, 0.25) is 0 Å². The van der Waals surface area contributed by atoms with E-state index in [2.05, 4.69) is 5.32 Å². The minimum Gasteiger partial charge on any atom is -0.384 e. The molecular formula is C9H9NO. The highest BCUT2D eigenvalue weighted by atomic mass is 16.1. The number of rotatable bonds is 1. The zero-order valence-corrected chi connectivity index (χ0v) is 6.08. The van der Waals surface area contributed by atoms with Crippen LogP contribution >= 0.6 is 0 Å². The molecule has 1 N–H and O–H groups in total. The molecule has 0 spiro atoms. The second kappa shape index (κ2) is 2.38. The Balaban J connectivity index is 2.46. The van der Waals surface area contributed by atoms with Crippen molar-refractivity contribution in [3.05, 3.63) is 29.8 Å². The monoisotopic (exact) mass is 147 g/mol. The van der Waals surface area contributed by atoms with E-state index in [1.165, 1.54) is 0 Å². The Hall–Kier alpha value is -1.31. The number of carbonyl (C=O) groups excluding carboxylic acids is 1. The summed E-state index contributed by atoms with van der Waals surface area (Å²) in [6, 6.07) is 7.93. The summed E-state index contributed by atoms with van der Waals surface area (Å²) < 4.78 is 0. The summed E-state index contributed by atoms with van der Waals surface area (Å²) in [6.45, 7) is 0.753. The molecule has 56 valence electrons. The molecule has 0 aromatic heterocycles. The van der Waals surface area contributed by atoms with Gasteiger partial charge in [-0.3, -0.25) is 0 Å². The van der Waals surface area contributed by atoms with Crippen molar-refractivity contribution in [1.29, 1.82) is 0 Å². The number of hydrogen-bond acceptors (Lipinski definition) is 2. The van der Waals surface area contributed by atoms with Gasteiger partial charge in [0, 0.05) is 12.2 Å². The van der Waals surface area contributed by atoms with Crippen LogP contribution in [0.1, 0.15) is 11.5 Å². The lowest BCUT2D eigenvalue weighted by Crippen LogP contribution is -2.01. The van der Waals surface area contributed by atoms with Crippen molar-refractivity contribution in [3.8, 4) is 0 Å². The summed E-state index contributed by atoms with van der Waals surface area (Å²) in [6.07, 6.45) is 0.999.